The van der Waals surface area contributed by atoms with Crippen LogP contribution in [0.4, 0.5) is 0 Å². The summed E-state index contributed by atoms with van der Waals surface area (Å²) in [7, 11) is 0. The Hall–Kier alpha value is -0.0500. The molecule has 0 radical (unpaired) electrons. The van der Waals surface area contributed by atoms with Crippen LogP contribution >= 0.6 is 0 Å². The molecule has 0 saturated carbocycles. The number of nitrogens with one attached hydrogen (secondary N) is 1. The van der Waals surface area contributed by atoms with Crippen LogP contribution in [0.1, 0.15) is 0 Å². The fraction of sp³-hybridized carbons (Fsp3) is 1.00. The Labute approximate surface area is 78.9 Å². The highest BCUT2D eigenvalue weighted by Gasteiger charge is 2.26. The average molecular weight is 213 g/mol. The molecule has 0 aliphatic carbocycles. The number of aliphatic hydroxyl groups is 3. The van der Waals surface area contributed by atoms with E-state index in [0.29, 0.717) is 0 Å². The molecule has 0 rings (SSSR count). The molecule has 0 aromatic rings. The van der Waals surface area contributed by atoms with Crippen molar-refractivity contribution in [1.82, 2.24) is 5.32 Å². The van der Waals surface area contributed by atoms with E-state index < -0.39 is 36.4 Å². The van der Waals surface area contributed by atoms with Gasteiger partial charge < -0.3 is 25.2 Å². The van der Waals surface area contributed by atoms with Gasteiger partial charge in [0, 0.05) is 6.54 Å². The molecule has 1 atom stereocenters. The van der Waals surface area contributed by atoms with Gasteiger partial charge in [-0.25, -0.2) is 4.21 Å². The predicted octanol–water partition coefficient (Wildman–Crippen LogP) is -2.49. The van der Waals surface area contributed by atoms with Crippen LogP contribution in [-0.4, -0.2) is 61.7 Å². The Morgan fingerprint density at radius 2 is 1.62 bits per heavy atom. The Kier molecular flexibility index (Phi) is 6.39. The van der Waals surface area contributed by atoms with Gasteiger partial charge in [-0.1, -0.05) is 0 Å². The summed E-state index contributed by atoms with van der Waals surface area (Å²) in [6.07, 6.45) is 0. The maximum Gasteiger partial charge on any atom is 0.154 e. The molecule has 0 aliphatic rings. The fourth-order valence-electron chi connectivity index (χ4n) is 0.721. The van der Waals surface area contributed by atoms with E-state index in [1.54, 1.807) is 0 Å². The summed E-state index contributed by atoms with van der Waals surface area (Å²) in [6, 6.07) is 0. The molecule has 0 aliphatic heterocycles. The number of rotatable bonds is 7. The second-order valence-electron chi connectivity index (χ2n) is 2.71. The van der Waals surface area contributed by atoms with E-state index in [2.05, 4.69) is 5.32 Å². The molecule has 13 heavy (non-hydrogen) atoms. The van der Waals surface area contributed by atoms with Crippen molar-refractivity contribution in [2.24, 2.45) is 0 Å². The highest BCUT2D eigenvalue weighted by atomic mass is 32.2. The lowest BCUT2D eigenvalue weighted by Crippen LogP contribution is -2.55. The highest BCUT2D eigenvalue weighted by molar-refractivity contribution is 7.79. The van der Waals surface area contributed by atoms with Crippen molar-refractivity contribution < 1.29 is 24.1 Å². The second-order valence-corrected chi connectivity index (χ2v) is 3.76. The predicted molar refractivity (Wildman–Crippen MR) is 47.6 cm³/mol. The molecule has 0 bridgehead atoms. The van der Waals surface area contributed by atoms with E-state index in [0.717, 1.165) is 0 Å². The third-order valence-corrected chi connectivity index (χ3v) is 2.24. The third-order valence-electron chi connectivity index (χ3n) is 1.68. The molecule has 6 nitrogen and oxygen atoms in total. The van der Waals surface area contributed by atoms with Crippen molar-refractivity contribution in [1.29, 1.82) is 0 Å². The quantitative estimate of drug-likeness (QED) is 0.299. The molecular formula is C6H15NO5S. The molecule has 0 heterocycles. The first-order chi connectivity index (χ1) is 6.10. The summed E-state index contributed by atoms with van der Waals surface area (Å²) in [4.78, 5) is 0. The topological polar surface area (TPSA) is 110 Å². The summed E-state index contributed by atoms with van der Waals surface area (Å²) in [5.41, 5.74) is -1.17. The fourth-order valence-corrected chi connectivity index (χ4v) is 0.998. The van der Waals surface area contributed by atoms with E-state index in [9.17, 15) is 4.21 Å². The number of aliphatic hydroxyl groups excluding tert-OH is 3. The molecule has 0 aromatic carbocycles. The van der Waals surface area contributed by atoms with Crippen LogP contribution in [0.25, 0.3) is 0 Å². The lowest BCUT2D eigenvalue weighted by molar-refractivity contribution is 0.0440. The van der Waals surface area contributed by atoms with Gasteiger partial charge in [0.2, 0.25) is 0 Å². The molecule has 0 amide bonds. The molecule has 0 fully saturated rings. The zero-order valence-corrected chi connectivity index (χ0v) is 7.96. The lowest BCUT2D eigenvalue weighted by Gasteiger charge is -2.28. The standard InChI is InChI=1S/C6H15NO5S/c8-3-6(4-9,5-10)7-1-2-13(11)12/h7-10H,1-5H2,(H,11,12). The smallest absolute Gasteiger partial charge is 0.154 e. The summed E-state index contributed by atoms with van der Waals surface area (Å²) in [5, 5.41) is 29.1. The van der Waals surface area contributed by atoms with Crippen LogP contribution in [0.3, 0.4) is 0 Å². The Bertz CT molecular complexity index is 153. The molecule has 0 saturated heterocycles. The van der Waals surface area contributed by atoms with Gasteiger partial charge in [-0.15, -0.1) is 0 Å². The van der Waals surface area contributed by atoms with Gasteiger partial charge in [0.25, 0.3) is 0 Å². The number of hydrogen-bond acceptors (Lipinski definition) is 5. The van der Waals surface area contributed by atoms with Crippen LogP contribution in [0.5, 0.6) is 0 Å². The number of hydrogen-bond donors (Lipinski definition) is 5. The van der Waals surface area contributed by atoms with E-state index in [-0.39, 0.29) is 12.3 Å². The monoisotopic (exact) mass is 213 g/mol. The zero-order valence-electron chi connectivity index (χ0n) is 7.14. The zero-order chi connectivity index (χ0) is 10.3. The molecule has 7 heteroatoms. The van der Waals surface area contributed by atoms with Crippen LogP contribution in [0.2, 0.25) is 0 Å². The minimum Gasteiger partial charge on any atom is -0.394 e. The third kappa shape index (κ3) is 4.65. The van der Waals surface area contributed by atoms with E-state index in [1.807, 2.05) is 0 Å². The minimum atomic E-state index is -1.91. The van der Waals surface area contributed by atoms with E-state index in [4.69, 9.17) is 19.9 Å². The largest absolute Gasteiger partial charge is 0.394 e. The molecule has 5 N–H and O–H groups in total. The van der Waals surface area contributed by atoms with Crippen LogP contribution in [-0.2, 0) is 11.1 Å². The molecular weight excluding hydrogens is 198 g/mol. The van der Waals surface area contributed by atoms with Crippen molar-refractivity contribution in [3.8, 4) is 0 Å². The summed E-state index contributed by atoms with van der Waals surface area (Å²) >= 11 is -1.91. The van der Waals surface area contributed by atoms with Crippen molar-refractivity contribution >= 4 is 11.1 Å². The van der Waals surface area contributed by atoms with Gasteiger partial charge >= 0.3 is 0 Å². The maximum absolute atomic E-state index is 10.2. The van der Waals surface area contributed by atoms with Crippen molar-refractivity contribution in [2.75, 3.05) is 32.1 Å². The first kappa shape index (κ1) is 12.9. The summed E-state index contributed by atoms with van der Waals surface area (Å²) in [5.74, 6) is -0.0122. The first-order valence-electron chi connectivity index (χ1n) is 3.75. The van der Waals surface area contributed by atoms with Gasteiger partial charge in [-0.3, -0.25) is 0 Å². The van der Waals surface area contributed by atoms with Crippen LogP contribution in [0, 0.1) is 0 Å². The van der Waals surface area contributed by atoms with Crippen molar-refractivity contribution in [2.45, 2.75) is 5.54 Å². The Morgan fingerprint density at radius 1 is 1.15 bits per heavy atom. The van der Waals surface area contributed by atoms with Crippen LogP contribution < -0.4 is 5.32 Å². The Morgan fingerprint density at radius 3 is 1.92 bits per heavy atom. The Balaban J connectivity index is 3.88. The second kappa shape index (κ2) is 6.41. The highest BCUT2D eigenvalue weighted by Crippen LogP contribution is 2.00. The van der Waals surface area contributed by atoms with Crippen molar-refractivity contribution in [3.05, 3.63) is 0 Å². The average Bonchev–Trinajstić information content (AvgIpc) is 2.13. The summed E-state index contributed by atoms with van der Waals surface area (Å²) in [6.45, 7) is -1.15. The lowest BCUT2D eigenvalue weighted by atomic mass is 10.0. The normalized spacial score (nSPS) is 14.5. The van der Waals surface area contributed by atoms with E-state index >= 15 is 0 Å². The summed E-state index contributed by atoms with van der Waals surface area (Å²) < 4.78 is 18.6. The van der Waals surface area contributed by atoms with E-state index in [1.165, 1.54) is 0 Å². The first-order valence-corrected chi connectivity index (χ1v) is 5.03. The van der Waals surface area contributed by atoms with Gasteiger partial charge in [0.05, 0.1) is 31.1 Å². The molecule has 80 valence electrons. The van der Waals surface area contributed by atoms with Gasteiger partial charge in [-0.05, 0) is 0 Å². The van der Waals surface area contributed by atoms with Gasteiger partial charge in [0.15, 0.2) is 11.1 Å². The molecule has 0 aromatic heterocycles. The van der Waals surface area contributed by atoms with Gasteiger partial charge in [0.1, 0.15) is 0 Å². The van der Waals surface area contributed by atoms with Gasteiger partial charge in [-0.2, -0.15) is 0 Å². The minimum absolute atomic E-state index is 0.0122. The molecule has 0 spiro atoms. The maximum atomic E-state index is 10.2. The SMILES string of the molecule is O=S(O)CCNC(CO)(CO)CO. The van der Waals surface area contributed by atoms with Crippen LogP contribution in [0.15, 0.2) is 0 Å². The van der Waals surface area contributed by atoms with Crippen molar-refractivity contribution in [3.63, 3.8) is 0 Å². The molecule has 1 unspecified atom stereocenters.